The Balaban J connectivity index is 2.22. The Morgan fingerprint density at radius 3 is 2.58 bits per heavy atom. The molecule has 0 fully saturated rings. The highest BCUT2D eigenvalue weighted by atomic mass is 35.5. The highest BCUT2D eigenvalue weighted by Crippen LogP contribution is 2.34. The van der Waals surface area contributed by atoms with Crippen LogP contribution in [-0.4, -0.2) is 28.4 Å². The number of rotatable bonds is 6. The van der Waals surface area contributed by atoms with Gasteiger partial charge in [0.15, 0.2) is 11.6 Å². The first-order chi connectivity index (χ1) is 11.2. The summed E-state index contributed by atoms with van der Waals surface area (Å²) >= 11 is 12.1. The van der Waals surface area contributed by atoms with Crippen LogP contribution in [0.3, 0.4) is 0 Å². The van der Waals surface area contributed by atoms with Gasteiger partial charge in [0.05, 0.1) is 16.7 Å². The molecule has 24 heavy (non-hydrogen) atoms. The molecule has 1 aromatic heterocycles. The maximum atomic E-state index is 12.2. The van der Waals surface area contributed by atoms with E-state index in [1.54, 1.807) is 32.0 Å². The van der Waals surface area contributed by atoms with Crippen LogP contribution in [0.2, 0.25) is 10.0 Å². The van der Waals surface area contributed by atoms with E-state index < -0.39 is 12.0 Å². The molecule has 9 heteroatoms. The van der Waals surface area contributed by atoms with Crippen LogP contribution in [0.25, 0.3) is 11.3 Å². The van der Waals surface area contributed by atoms with Gasteiger partial charge in [-0.15, -0.1) is 10.2 Å². The molecule has 1 aromatic carbocycles. The molecule has 0 radical (unpaired) electrons. The van der Waals surface area contributed by atoms with Crippen LogP contribution in [0.1, 0.15) is 19.7 Å². The zero-order valence-electron chi connectivity index (χ0n) is 13.1. The number of hydrogen-bond donors (Lipinski definition) is 1. The molecule has 1 heterocycles. The molecule has 2 aromatic rings. The van der Waals surface area contributed by atoms with Crippen LogP contribution in [-0.2, 0) is 11.2 Å². The van der Waals surface area contributed by atoms with Gasteiger partial charge in [-0.1, -0.05) is 49.2 Å². The van der Waals surface area contributed by atoms with Gasteiger partial charge < -0.3 is 10.5 Å². The number of nitrogens with two attached hydrogens (primary N) is 1. The van der Waals surface area contributed by atoms with Crippen LogP contribution < -0.4 is 5.73 Å². The molecule has 0 aliphatic rings. The zero-order valence-corrected chi connectivity index (χ0v) is 14.6. The fourth-order valence-corrected chi connectivity index (χ4v) is 2.48. The molecule has 0 unspecified atom stereocenters. The lowest BCUT2D eigenvalue weighted by molar-refractivity contribution is -0.148. The maximum absolute atomic E-state index is 12.2. The Morgan fingerprint density at radius 2 is 1.96 bits per heavy atom. The third-order valence-electron chi connectivity index (χ3n) is 3.20. The van der Waals surface area contributed by atoms with E-state index in [1.165, 1.54) is 0 Å². The van der Waals surface area contributed by atoms with Crippen molar-refractivity contribution in [2.45, 2.75) is 26.9 Å². The van der Waals surface area contributed by atoms with Crippen LogP contribution in [0.5, 0.6) is 0 Å². The number of nitrogen functional groups attached to an aromatic ring is 1. The molecule has 2 N–H and O–H groups in total. The number of halogens is 4. The highest BCUT2D eigenvalue weighted by molar-refractivity contribution is 6.43. The quantitative estimate of drug-likeness (QED) is 0.815. The highest BCUT2D eigenvalue weighted by Gasteiger charge is 2.24. The summed E-state index contributed by atoms with van der Waals surface area (Å²) in [4.78, 5) is 4.19. The minimum atomic E-state index is -2.82. The first-order valence-electron chi connectivity index (χ1n) is 7.03. The topological polar surface area (TPSA) is 73.9 Å². The normalized spacial score (nSPS) is 12.0. The largest absolute Gasteiger partial charge is 0.382 e. The first-order valence-corrected chi connectivity index (χ1v) is 7.78. The van der Waals surface area contributed by atoms with Crippen LogP contribution >= 0.6 is 23.2 Å². The fraction of sp³-hybridized carbons (Fsp3) is 0.400. The molecule has 0 spiro atoms. The molecule has 2 rings (SSSR count). The van der Waals surface area contributed by atoms with Crippen LogP contribution in [0.15, 0.2) is 18.2 Å². The smallest absolute Gasteiger partial charge is 0.345 e. The summed E-state index contributed by atoms with van der Waals surface area (Å²) in [5.41, 5.74) is 6.18. The van der Waals surface area contributed by atoms with Crippen LogP contribution in [0.4, 0.5) is 14.6 Å². The van der Waals surface area contributed by atoms with Gasteiger partial charge in [-0.2, -0.15) is 8.78 Å². The number of anilines is 1. The molecular weight excluding hydrogens is 361 g/mol. The average molecular weight is 377 g/mol. The molecule has 0 atom stereocenters. The summed E-state index contributed by atoms with van der Waals surface area (Å²) in [6.07, 6.45) is 0.278. The lowest BCUT2D eigenvalue weighted by Gasteiger charge is -2.23. The zero-order chi connectivity index (χ0) is 17.9. The Labute approximate surface area is 148 Å². The van der Waals surface area contributed by atoms with E-state index in [1.807, 2.05) is 0 Å². The maximum Gasteiger partial charge on any atom is 0.345 e. The monoisotopic (exact) mass is 376 g/mol. The third kappa shape index (κ3) is 4.72. The van der Waals surface area contributed by atoms with Gasteiger partial charge >= 0.3 is 6.61 Å². The van der Waals surface area contributed by atoms with Crippen molar-refractivity contribution >= 4 is 29.0 Å². The molecule has 130 valence electrons. The van der Waals surface area contributed by atoms with Crippen molar-refractivity contribution in [2.75, 3.05) is 12.3 Å². The predicted molar refractivity (Wildman–Crippen MR) is 89.1 cm³/mol. The molecular formula is C15H16Cl2F2N4O. The molecule has 0 bridgehead atoms. The standard InChI is InChI=1S/C15H16Cl2F2N4O/c1-15(2,7-24-14(18)19)6-10-21-13(20)12(23-22-10)8-4-3-5-9(16)11(8)17/h3-5,14H,6-7H2,1-2H3,(H2,20,21,22). The van der Waals surface area contributed by atoms with Gasteiger partial charge in [0.2, 0.25) is 0 Å². The first kappa shape index (κ1) is 18.8. The van der Waals surface area contributed by atoms with Gasteiger partial charge in [0, 0.05) is 12.0 Å². The Hall–Kier alpha value is -1.57. The number of alkyl halides is 2. The van der Waals surface area contributed by atoms with Gasteiger partial charge in [0.25, 0.3) is 0 Å². The van der Waals surface area contributed by atoms with Gasteiger partial charge in [-0.05, 0) is 11.5 Å². The summed E-state index contributed by atoms with van der Waals surface area (Å²) in [7, 11) is 0. The van der Waals surface area contributed by atoms with E-state index in [0.29, 0.717) is 27.1 Å². The number of benzene rings is 1. The fourth-order valence-electron chi connectivity index (χ4n) is 2.09. The van der Waals surface area contributed by atoms with Crippen LogP contribution in [0, 0.1) is 5.41 Å². The number of hydrogen-bond acceptors (Lipinski definition) is 5. The Morgan fingerprint density at radius 1 is 1.25 bits per heavy atom. The average Bonchev–Trinajstić information content (AvgIpc) is 2.49. The Kier molecular flexibility index (Phi) is 5.90. The van der Waals surface area contributed by atoms with E-state index in [4.69, 9.17) is 28.9 Å². The second kappa shape index (κ2) is 7.55. The number of aromatic nitrogens is 3. The van der Waals surface area contributed by atoms with Crippen molar-refractivity contribution in [1.29, 1.82) is 0 Å². The summed E-state index contributed by atoms with van der Waals surface area (Å²) < 4.78 is 28.7. The van der Waals surface area contributed by atoms with Crippen molar-refractivity contribution in [1.82, 2.24) is 15.2 Å². The molecule has 0 saturated heterocycles. The molecule has 0 saturated carbocycles. The van der Waals surface area contributed by atoms with Crippen molar-refractivity contribution in [3.8, 4) is 11.3 Å². The molecule has 0 aliphatic carbocycles. The van der Waals surface area contributed by atoms with Gasteiger partial charge in [-0.3, -0.25) is 0 Å². The summed E-state index contributed by atoms with van der Waals surface area (Å²) in [6.45, 7) is 0.559. The van der Waals surface area contributed by atoms with Crippen molar-refractivity contribution < 1.29 is 13.5 Å². The lowest BCUT2D eigenvalue weighted by Crippen LogP contribution is -2.25. The van der Waals surface area contributed by atoms with Crippen molar-refractivity contribution in [3.63, 3.8) is 0 Å². The predicted octanol–water partition coefficient (Wildman–Crippen LogP) is 4.24. The molecule has 0 amide bonds. The number of nitrogens with zero attached hydrogens (tertiary/aromatic N) is 3. The molecule has 5 nitrogen and oxygen atoms in total. The van der Waals surface area contributed by atoms with Crippen molar-refractivity contribution in [3.05, 3.63) is 34.1 Å². The van der Waals surface area contributed by atoms with E-state index >= 15 is 0 Å². The minimum Gasteiger partial charge on any atom is -0.382 e. The third-order valence-corrected chi connectivity index (χ3v) is 4.02. The summed E-state index contributed by atoms with van der Waals surface area (Å²) in [5, 5.41) is 8.74. The summed E-state index contributed by atoms with van der Waals surface area (Å²) in [6, 6.07) is 5.06. The van der Waals surface area contributed by atoms with Crippen molar-refractivity contribution in [2.24, 2.45) is 5.41 Å². The minimum absolute atomic E-state index is 0.134. The van der Waals surface area contributed by atoms with E-state index in [0.717, 1.165) is 0 Å². The SMILES string of the molecule is CC(C)(COC(F)F)Cc1nnc(-c2cccc(Cl)c2Cl)c(N)n1. The number of ether oxygens (including phenoxy) is 1. The van der Waals surface area contributed by atoms with Gasteiger partial charge in [0.1, 0.15) is 5.69 Å². The van der Waals surface area contributed by atoms with E-state index in [2.05, 4.69) is 19.9 Å². The second-order valence-electron chi connectivity index (χ2n) is 5.98. The second-order valence-corrected chi connectivity index (χ2v) is 6.76. The van der Waals surface area contributed by atoms with E-state index in [-0.39, 0.29) is 18.8 Å². The lowest BCUT2D eigenvalue weighted by atomic mass is 9.90. The van der Waals surface area contributed by atoms with Gasteiger partial charge in [-0.25, -0.2) is 4.98 Å². The summed E-state index contributed by atoms with van der Waals surface area (Å²) in [5.74, 6) is 0.465. The van der Waals surface area contributed by atoms with E-state index in [9.17, 15) is 8.78 Å². The molecule has 0 aliphatic heterocycles. The Bertz CT molecular complexity index is 729.